The monoisotopic (exact) mass is 349 g/mol. The van der Waals surface area contributed by atoms with Gasteiger partial charge in [-0.1, -0.05) is 39.8 Å². The molecule has 1 fully saturated rings. The molecule has 1 heterocycles. The van der Waals surface area contributed by atoms with Crippen LogP contribution in [0.4, 0.5) is 0 Å². The number of rotatable bonds is 8. The Balaban J connectivity index is 2.07. The summed E-state index contributed by atoms with van der Waals surface area (Å²) in [4.78, 5) is 26.8. The second kappa shape index (κ2) is 8.02. The van der Waals surface area contributed by atoms with Crippen LogP contribution >= 0.6 is 0 Å². The van der Waals surface area contributed by atoms with Crippen LogP contribution in [0.2, 0.25) is 0 Å². The lowest BCUT2D eigenvalue weighted by atomic mass is 9.93. The van der Waals surface area contributed by atoms with Crippen LogP contribution in [0.3, 0.4) is 0 Å². The highest BCUT2D eigenvalue weighted by Gasteiger charge is 2.32. The maximum absolute atomic E-state index is 12.8. The van der Waals surface area contributed by atoms with Gasteiger partial charge in [0.2, 0.25) is 5.91 Å². The molecule has 6 nitrogen and oxygen atoms in total. The van der Waals surface area contributed by atoms with Crippen molar-refractivity contribution in [1.82, 2.24) is 15.4 Å². The van der Waals surface area contributed by atoms with Crippen molar-refractivity contribution < 1.29 is 14.1 Å². The molecule has 0 atom stereocenters. The van der Waals surface area contributed by atoms with Crippen molar-refractivity contribution in [3.63, 3.8) is 0 Å². The van der Waals surface area contributed by atoms with Crippen molar-refractivity contribution in [3.05, 3.63) is 17.5 Å². The lowest BCUT2D eigenvalue weighted by Gasteiger charge is -2.34. The predicted octanol–water partition coefficient (Wildman–Crippen LogP) is 3.38. The van der Waals surface area contributed by atoms with Gasteiger partial charge in [0.05, 0.1) is 6.54 Å². The molecule has 1 saturated carbocycles. The Morgan fingerprint density at radius 3 is 2.48 bits per heavy atom. The number of hydrogen-bond donors (Lipinski definition) is 1. The average Bonchev–Trinajstić information content (AvgIpc) is 3.28. The van der Waals surface area contributed by atoms with E-state index in [1.54, 1.807) is 6.07 Å². The molecule has 0 radical (unpaired) electrons. The molecule has 1 aliphatic carbocycles. The summed E-state index contributed by atoms with van der Waals surface area (Å²) in [6, 6.07) is 1.79. The van der Waals surface area contributed by atoms with E-state index < -0.39 is 5.41 Å². The Bertz CT molecular complexity index is 595. The molecule has 1 aliphatic rings. The van der Waals surface area contributed by atoms with E-state index in [9.17, 15) is 9.59 Å². The molecule has 0 unspecified atom stereocenters. The summed E-state index contributed by atoms with van der Waals surface area (Å²) in [6.07, 6.45) is 4.12. The number of nitrogens with zero attached hydrogens (tertiary/aromatic N) is 2. The molecule has 1 aromatic rings. The van der Waals surface area contributed by atoms with Gasteiger partial charge < -0.3 is 14.7 Å². The fourth-order valence-corrected chi connectivity index (χ4v) is 2.84. The molecule has 0 aliphatic heterocycles. The molecule has 25 heavy (non-hydrogen) atoms. The highest BCUT2D eigenvalue weighted by Crippen LogP contribution is 2.27. The Kier molecular flexibility index (Phi) is 6.25. The minimum absolute atomic E-state index is 0.0809. The summed E-state index contributed by atoms with van der Waals surface area (Å²) in [5.41, 5.74) is -0.184. The first-order valence-corrected chi connectivity index (χ1v) is 9.31. The van der Waals surface area contributed by atoms with E-state index >= 15 is 0 Å². The van der Waals surface area contributed by atoms with Crippen molar-refractivity contribution in [3.8, 4) is 0 Å². The molecule has 2 rings (SSSR count). The van der Waals surface area contributed by atoms with Gasteiger partial charge in [-0.2, -0.15) is 0 Å². The Morgan fingerprint density at radius 2 is 1.96 bits per heavy atom. The van der Waals surface area contributed by atoms with E-state index in [1.165, 1.54) is 12.8 Å². The summed E-state index contributed by atoms with van der Waals surface area (Å²) in [6.45, 7) is 10.9. The number of nitrogens with one attached hydrogen (secondary N) is 1. The second-order valence-electron chi connectivity index (χ2n) is 7.99. The van der Waals surface area contributed by atoms with Crippen LogP contribution in [0, 0.1) is 11.3 Å². The largest absolute Gasteiger partial charge is 0.359 e. The van der Waals surface area contributed by atoms with Crippen molar-refractivity contribution in [2.45, 2.75) is 72.9 Å². The molecule has 2 amide bonds. The number of hydrogen-bond acceptors (Lipinski definition) is 4. The summed E-state index contributed by atoms with van der Waals surface area (Å²) in [5.74, 6) is 1.03. The maximum atomic E-state index is 12.8. The van der Waals surface area contributed by atoms with Gasteiger partial charge in [0.1, 0.15) is 0 Å². The summed E-state index contributed by atoms with van der Waals surface area (Å²) >= 11 is 0. The molecule has 0 saturated heterocycles. The van der Waals surface area contributed by atoms with Crippen LogP contribution in [-0.2, 0) is 11.3 Å². The third-order valence-electron chi connectivity index (χ3n) is 4.65. The third kappa shape index (κ3) is 5.31. The van der Waals surface area contributed by atoms with Gasteiger partial charge in [-0.15, -0.1) is 0 Å². The predicted molar refractivity (Wildman–Crippen MR) is 95.9 cm³/mol. The SMILES string of the molecule is CCC(CC)N(Cc1cc(C(=O)NCC2CC2)no1)C(=O)C(C)(C)C. The zero-order chi connectivity index (χ0) is 18.6. The smallest absolute Gasteiger partial charge is 0.273 e. The van der Waals surface area contributed by atoms with Crippen molar-refractivity contribution in [1.29, 1.82) is 0 Å². The highest BCUT2D eigenvalue weighted by atomic mass is 16.5. The summed E-state index contributed by atoms with van der Waals surface area (Å²) in [7, 11) is 0. The Labute approximate surface area is 150 Å². The number of aromatic nitrogens is 1. The number of amides is 2. The normalized spacial score (nSPS) is 14.6. The van der Waals surface area contributed by atoms with E-state index in [-0.39, 0.29) is 23.6 Å². The lowest BCUT2D eigenvalue weighted by Crippen LogP contribution is -2.45. The quantitative estimate of drug-likeness (QED) is 0.781. The number of carbonyl (C=O) groups excluding carboxylic acids is 2. The third-order valence-corrected chi connectivity index (χ3v) is 4.65. The molecule has 6 heteroatoms. The van der Waals surface area contributed by atoms with Gasteiger partial charge in [0.15, 0.2) is 11.5 Å². The van der Waals surface area contributed by atoms with Gasteiger partial charge >= 0.3 is 0 Å². The van der Waals surface area contributed by atoms with Gasteiger partial charge in [-0.05, 0) is 31.6 Å². The standard InChI is InChI=1S/C19H31N3O3/c1-6-14(7-2)22(18(24)19(3,4)5)12-15-10-16(21-25-15)17(23)20-11-13-8-9-13/h10,13-14H,6-9,11-12H2,1-5H3,(H,20,23). The molecule has 1 aromatic heterocycles. The van der Waals surface area contributed by atoms with Crippen LogP contribution in [0.15, 0.2) is 10.6 Å². The fraction of sp³-hybridized carbons (Fsp3) is 0.737. The Hall–Kier alpha value is -1.85. The van der Waals surface area contributed by atoms with Crippen LogP contribution in [-0.4, -0.2) is 34.5 Å². The van der Waals surface area contributed by atoms with E-state index in [2.05, 4.69) is 24.3 Å². The summed E-state index contributed by atoms with van der Waals surface area (Å²) in [5, 5.41) is 6.75. The fourth-order valence-electron chi connectivity index (χ4n) is 2.84. The molecule has 0 spiro atoms. The first kappa shape index (κ1) is 19.5. The Morgan fingerprint density at radius 1 is 1.32 bits per heavy atom. The van der Waals surface area contributed by atoms with E-state index in [0.29, 0.717) is 24.8 Å². The van der Waals surface area contributed by atoms with E-state index in [0.717, 1.165) is 12.8 Å². The van der Waals surface area contributed by atoms with Crippen molar-refractivity contribution in [2.75, 3.05) is 6.54 Å². The first-order chi connectivity index (χ1) is 11.8. The minimum Gasteiger partial charge on any atom is -0.359 e. The zero-order valence-electron chi connectivity index (χ0n) is 16.1. The van der Waals surface area contributed by atoms with Crippen molar-refractivity contribution >= 4 is 11.8 Å². The molecular weight excluding hydrogens is 318 g/mol. The lowest BCUT2D eigenvalue weighted by molar-refractivity contribution is -0.143. The first-order valence-electron chi connectivity index (χ1n) is 9.31. The molecule has 0 aromatic carbocycles. The van der Waals surface area contributed by atoms with Crippen LogP contribution in [0.1, 0.15) is 76.6 Å². The summed E-state index contributed by atoms with van der Waals surface area (Å²) < 4.78 is 5.34. The van der Waals surface area contributed by atoms with Crippen molar-refractivity contribution in [2.24, 2.45) is 11.3 Å². The maximum Gasteiger partial charge on any atom is 0.273 e. The van der Waals surface area contributed by atoms with Gasteiger partial charge in [-0.3, -0.25) is 9.59 Å². The van der Waals surface area contributed by atoms with Crippen LogP contribution in [0.5, 0.6) is 0 Å². The van der Waals surface area contributed by atoms with Crippen LogP contribution < -0.4 is 5.32 Å². The average molecular weight is 349 g/mol. The highest BCUT2D eigenvalue weighted by molar-refractivity contribution is 5.92. The zero-order valence-corrected chi connectivity index (χ0v) is 16.1. The van der Waals surface area contributed by atoms with E-state index in [4.69, 9.17) is 4.52 Å². The molecule has 140 valence electrons. The second-order valence-corrected chi connectivity index (χ2v) is 7.99. The topological polar surface area (TPSA) is 75.4 Å². The van der Waals surface area contributed by atoms with Gasteiger partial charge in [-0.25, -0.2) is 0 Å². The van der Waals surface area contributed by atoms with Crippen LogP contribution in [0.25, 0.3) is 0 Å². The van der Waals surface area contributed by atoms with Gasteiger partial charge in [0, 0.05) is 24.1 Å². The molecule has 1 N–H and O–H groups in total. The van der Waals surface area contributed by atoms with Gasteiger partial charge in [0.25, 0.3) is 5.91 Å². The minimum atomic E-state index is -0.465. The van der Waals surface area contributed by atoms with E-state index in [1.807, 2.05) is 25.7 Å². The molecule has 0 bridgehead atoms. The number of carbonyl (C=O) groups is 2. The molecular formula is C19H31N3O3.